The standard InChI is InChI=1S/C13H13Cl2N3OS/c1-8(9-5-16-17-6-9)18-13(19)7-20-12-4-10(14)2-3-11(12)15/h2-6,8H,7H2,1H3,(H,16,17)(H,18,19). The van der Waals surface area contributed by atoms with Crippen LogP contribution in [-0.2, 0) is 4.79 Å². The monoisotopic (exact) mass is 329 g/mol. The largest absolute Gasteiger partial charge is 0.349 e. The van der Waals surface area contributed by atoms with Gasteiger partial charge in [0.05, 0.1) is 23.0 Å². The van der Waals surface area contributed by atoms with Gasteiger partial charge in [0.2, 0.25) is 5.91 Å². The van der Waals surface area contributed by atoms with Crippen molar-refractivity contribution in [3.63, 3.8) is 0 Å². The molecule has 1 heterocycles. The number of carbonyl (C=O) groups is 1. The maximum absolute atomic E-state index is 11.9. The molecule has 0 spiro atoms. The van der Waals surface area contributed by atoms with Gasteiger partial charge in [0.1, 0.15) is 0 Å². The maximum atomic E-state index is 11.9. The lowest BCUT2D eigenvalue weighted by Gasteiger charge is -2.12. The van der Waals surface area contributed by atoms with E-state index in [1.165, 1.54) is 11.8 Å². The first-order valence-electron chi connectivity index (χ1n) is 5.92. The summed E-state index contributed by atoms with van der Waals surface area (Å²) in [6.07, 6.45) is 3.44. The highest BCUT2D eigenvalue weighted by Gasteiger charge is 2.11. The van der Waals surface area contributed by atoms with Crippen molar-refractivity contribution in [2.45, 2.75) is 17.9 Å². The molecule has 2 aromatic rings. The van der Waals surface area contributed by atoms with Crippen molar-refractivity contribution in [3.8, 4) is 0 Å². The van der Waals surface area contributed by atoms with E-state index < -0.39 is 0 Å². The zero-order chi connectivity index (χ0) is 14.5. The number of rotatable bonds is 5. The van der Waals surface area contributed by atoms with Crippen LogP contribution in [-0.4, -0.2) is 21.9 Å². The molecule has 106 valence electrons. The molecular formula is C13H13Cl2N3OS. The van der Waals surface area contributed by atoms with Gasteiger partial charge >= 0.3 is 0 Å². The number of nitrogens with zero attached hydrogens (tertiary/aromatic N) is 1. The Morgan fingerprint density at radius 2 is 2.30 bits per heavy atom. The smallest absolute Gasteiger partial charge is 0.230 e. The fraction of sp³-hybridized carbons (Fsp3) is 0.231. The van der Waals surface area contributed by atoms with E-state index in [1.54, 1.807) is 30.6 Å². The number of amides is 1. The van der Waals surface area contributed by atoms with Crippen LogP contribution in [0.25, 0.3) is 0 Å². The molecule has 0 fully saturated rings. The van der Waals surface area contributed by atoms with Crippen molar-refractivity contribution in [1.29, 1.82) is 0 Å². The van der Waals surface area contributed by atoms with Crippen molar-refractivity contribution in [3.05, 3.63) is 46.2 Å². The Morgan fingerprint density at radius 1 is 1.50 bits per heavy atom. The highest BCUT2D eigenvalue weighted by Crippen LogP contribution is 2.29. The molecule has 1 aromatic carbocycles. The van der Waals surface area contributed by atoms with E-state index in [0.29, 0.717) is 10.0 Å². The summed E-state index contributed by atoms with van der Waals surface area (Å²) in [4.78, 5) is 12.7. The van der Waals surface area contributed by atoms with Gasteiger partial charge in [-0.15, -0.1) is 11.8 Å². The molecule has 0 saturated carbocycles. The Labute approximate surface area is 131 Å². The molecule has 20 heavy (non-hydrogen) atoms. The van der Waals surface area contributed by atoms with Crippen LogP contribution >= 0.6 is 35.0 Å². The number of hydrogen-bond acceptors (Lipinski definition) is 3. The molecule has 0 aliphatic carbocycles. The Kier molecular flexibility index (Phi) is 5.34. The molecule has 1 unspecified atom stereocenters. The van der Waals surface area contributed by atoms with Gasteiger partial charge < -0.3 is 5.32 Å². The SMILES string of the molecule is CC(NC(=O)CSc1cc(Cl)ccc1Cl)c1cn[nH]c1. The molecule has 4 nitrogen and oxygen atoms in total. The van der Waals surface area contributed by atoms with Gasteiger partial charge in [-0.3, -0.25) is 9.89 Å². The van der Waals surface area contributed by atoms with Gasteiger partial charge in [0, 0.05) is 21.7 Å². The second-order valence-corrected chi connectivity index (χ2v) is 6.05. The first-order valence-corrected chi connectivity index (χ1v) is 7.66. The van der Waals surface area contributed by atoms with Gasteiger partial charge in [-0.25, -0.2) is 0 Å². The summed E-state index contributed by atoms with van der Waals surface area (Å²) in [5, 5.41) is 10.7. The van der Waals surface area contributed by atoms with Crippen molar-refractivity contribution in [2.24, 2.45) is 0 Å². The topological polar surface area (TPSA) is 57.8 Å². The number of benzene rings is 1. The van der Waals surface area contributed by atoms with Crippen molar-refractivity contribution < 1.29 is 4.79 Å². The van der Waals surface area contributed by atoms with Gasteiger partial charge in [0.15, 0.2) is 0 Å². The molecule has 0 bridgehead atoms. The predicted molar refractivity (Wildman–Crippen MR) is 82.3 cm³/mol. The summed E-state index contributed by atoms with van der Waals surface area (Å²) in [7, 11) is 0. The molecule has 2 rings (SSSR count). The quantitative estimate of drug-likeness (QED) is 0.822. The van der Waals surface area contributed by atoms with Crippen molar-refractivity contribution >= 4 is 40.9 Å². The Hall–Kier alpha value is -1.17. The minimum atomic E-state index is -0.0864. The van der Waals surface area contributed by atoms with Crippen LogP contribution in [0.5, 0.6) is 0 Å². The highest BCUT2D eigenvalue weighted by molar-refractivity contribution is 8.00. The molecule has 1 amide bonds. The van der Waals surface area contributed by atoms with E-state index >= 15 is 0 Å². The Balaban J connectivity index is 1.87. The van der Waals surface area contributed by atoms with Gasteiger partial charge in [-0.1, -0.05) is 23.2 Å². The zero-order valence-electron chi connectivity index (χ0n) is 10.7. The van der Waals surface area contributed by atoms with E-state index in [-0.39, 0.29) is 17.7 Å². The maximum Gasteiger partial charge on any atom is 0.230 e. The minimum Gasteiger partial charge on any atom is -0.349 e. The molecule has 1 aromatic heterocycles. The third kappa shape index (κ3) is 4.16. The number of halogens is 2. The average Bonchev–Trinajstić information content (AvgIpc) is 2.94. The van der Waals surface area contributed by atoms with Crippen molar-refractivity contribution in [2.75, 3.05) is 5.75 Å². The van der Waals surface area contributed by atoms with E-state index in [1.807, 2.05) is 6.92 Å². The molecule has 2 N–H and O–H groups in total. The predicted octanol–water partition coefficient (Wildman–Crippen LogP) is 3.69. The van der Waals surface area contributed by atoms with Crippen LogP contribution in [0.1, 0.15) is 18.5 Å². The number of aromatic nitrogens is 2. The van der Waals surface area contributed by atoms with Crippen molar-refractivity contribution in [1.82, 2.24) is 15.5 Å². The number of thioether (sulfide) groups is 1. The molecule has 1 atom stereocenters. The van der Waals surface area contributed by atoms with Crippen LogP contribution in [0, 0.1) is 0 Å². The molecule has 0 aliphatic rings. The van der Waals surface area contributed by atoms with Crippen LogP contribution < -0.4 is 5.32 Å². The summed E-state index contributed by atoms with van der Waals surface area (Å²) in [5.74, 6) is 0.210. The van der Waals surface area contributed by atoms with Crippen LogP contribution in [0.3, 0.4) is 0 Å². The fourth-order valence-corrected chi connectivity index (χ4v) is 2.90. The zero-order valence-corrected chi connectivity index (χ0v) is 13.0. The van der Waals surface area contributed by atoms with Crippen LogP contribution in [0.15, 0.2) is 35.5 Å². The Bertz CT molecular complexity index is 589. The molecule has 7 heteroatoms. The number of aromatic amines is 1. The summed E-state index contributed by atoms with van der Waals surface area (Å²) >= 11 is 13.3. The van der Waals surface area contributed by atoms with E-state index in [0.717, 1.165) is 10.5 Å². The number of H-pyrrole nitrogens is 1. The molecule has 0 aliphatic heterocycles. The van der Waals surface area contributed by atoms with Gasteiger partial charge in [-0.05, 0) is 25.1 Å². The first kappa shape index (κ1) is 15.2. The van der Waals surface area contributed by atoms with E-state index in [9.17, 15) is 4.79 Å². The second-order valence-electron chi connectivity index (χ2n) is 4.18. The average molecular weight is 330 g/mol. The summed E-state index contributed by atoms with van der Waals surface area (Å²) in [6, 6.07) is 5.10. The molecule has 0 radical (unpaired) electrons. The minimum absolute atomic E-state index is 0.0697. The third-order valence-electron chi connectivity index (χ3n) is 2.65. The fourth-order valence-electron chi connectivity index (χ4n) is 1.60. The lowest BCUT2D eigenvalue weighted by Crippen LogP contribution is -2.27. The third-order valence-corrected chi connectivity index (χ3v) is 4.38. The van der Waals surface area contributed by atoms with Gasteiger partial charge in [0.25, 0.3) is 0 Å². The second kappa shape index (κ2) is 7.02. The lowest BCUT2D eigenvalue weighted by molar-refractivity contribution is -0.119. The lowest BCUT2D eigenvalue weighted by atomic mass is 10.2. The molecule has 0 saturated heterocycles. The first-order chi connectivity index (χ1) is 9.56. The number of nitrogens with one attached hydrogen (secondary N) is 2. The molecular weight excluding hydrogens is 317 g/mol. The summed E-state index contributed by atoms with van der Waals surface area (Å²) < 4.78 is 0. The Morgan fingerprint density at radius 3 is 3.00 bits per heavy atom. The number of carbonyl (C=O) groups excluding carboxylic acids is 1. The van der Waals surface area contributed by atoms with Crippen LogP contribution in [0.4, 0.5) is 0 Å². The number of hydrogen-bond donors (Lipinski definition) is 2. The van der Waals surface area contributed by atoms with Gasteiger partial charge in [-0.2, -0.15) is 5.10 Å². The van der Waals surface area contributed by atoms with E-state index in [2.05, 4.69) is 15.5 Å². The van der Waals surface area contributed by atoms with E-state index in [4.69, 9.17) is 23.2 Å². The van der Waals surface area contributed by atoms with Crippen LogP contribution in [0.2, 0.25) is 10.0 Å². The summed E-state index contributed by atoms with van der Waals surface area (Å²) in [6.45, 7) is 1.90. The normalized spacial score (nSPS) is 12.2. The highest BCUT2D eigenvalue weighted by atomic mass is 35.5. The summed E-state index contributed by atoms with van der Waals surface area (Å²) in [5.41, 5.74) is 0.934.